The van der Waals surface area contributed by atoms with Crippen LogP contribution in [0.3, 0.4) is 0 Å². The predicted octanol–water partition coefficient (Wildman–Crippen LogP) is 2.15. The summed E-state index contributed by atoms with van der Waals surface area (Å²) in [5.74, 6) is 1.11. The molecule has 1 aliphatic heterocycles. The molecule has 0 bridgehead atoms. The molecule has 0 radical (unpaired) electrons. The Morgan fingerprint density at radius 1 is 1.18 bits per heavy atom. The third-order valence-electron chi connectivity index (χ3n) is 4.64. The lowest BCUT2D eigenvalue weighted by Crippen LogP contribution is -2.71. The van der Waals surface area contributed by atoms with Gasteiger partial charge in [-0.2, -0.15) is 0 Å². The van der Waals surface area contributed by atoms with Gasteiger partial charge in [0.05, 0.1) is 5.54 Å². The fraction of sp³-hybridized carbons (Fsp3) is 0.929. The molecule has 0 unspecified atom stereocenters. The van der Waals surface area contributed by atoms with Crippen molar-refractivity contribution in [2.45, 2.75) is 57.9 Å². The summed E-state index contributed by atoms with van der Waals surface area (Å²) in [6, 6.07) is 0. The summed E-state index contributed by atoms with van der Waals surface area (Å²) in [7, 11) is 0. The zero-order valence-corrected chi connectivity index (χ0v) is 11.2. The Labute approximate surface area is 105 Å². The van der Waals surface area contributed by atoms with Crippen LogP contribution >= 0.6 is 0 Å². The highest BCUT2D eigenvalue weighted by molar-refractivity contribution is 5.80. The Hall–Kier alpha value is -0.570. The lowest BCUT2D eigenvalue weighted by molar-refractivity contribution is -0.145. The van der Waals surface area contributed by atoms with Crippen molar-refractivity contribution in [1.82, 2.24) is 4.90 Å². The van der Waals surface area contributed by atoms with Gasteiger partial charge in [-0.3, -0.25) is 4.79 Å². The molecule has 2 aliphatic rings. The first kappa shape index (κ1) is 12.9. The molecule has 0 spiro atoms. The van der Waals surface area contributed by atoms with Crippen molar-refractivity contribution in [2.75, 3.05) is 13.1 Å². The average molecular weight is 238 g/mol. The first-order chi connectivity index (χ1) is 8.03. The largest absolute Gasteiger partial charge is 0.339 e. The van der Waals surface area contributed by atoms with Crippen molar-refractivity contribution in [3.05, 3.63) is 0 Å². The molecule has 0 aromatic heterocycles. The molecule has 0 atom stereocenters. The second kappa shape index (κ2) is 4.97. The number of carbonyl (C=O) groups excluding carboxylic acids is 1. The molecule has 0 aromatic rings. The number of likely N-dealkylation sites (tertiary alicyclic amines) is 1. The lowest BCUT2D eigenvalue weighted by Gasteiger charge is -2.51. The van der Waals surface area contributed by atoms with Crippen LogP contribution in [-0.2, 0) is 4.79 Å². The summed E-state index contributed by atoms with van der Waals surface area (Å²) in [6.07, 6.45) is 7.24. The highest BCUT2D eigenvalue weighted by atomic mass is 16.2. The van der Waals surface area contributed by atoms with E-state index in [1.807, 2.05) is 4.90 Å². The van der Waals surface area contributed by atoms with Crippen LogP contribution in [0.2, 0.25) is 0 Å². The van der Waals surface area contributed by atoms with Gasteiger partial charge in [0, 0.05) is 19.0 Å². The maximum atomic E-state index is 12.3. The molecule has 2 rings (SSSR count). The third-order valence-corrected chi connectivity index (χ3v) is 4.64. The van der Waals surface area contributed by atoms with Crippen molar-refractivity contribution < 1.29 is 4.79 Å². The van der Waals surface area contributed by atoms with E-state index in [1.165, 1.54) is 25.7 Å². The topological polar surface area (TPSA) is 46.3 Å². The molecule has 1 heterocycles. The van der Waals surface area contributed by atoms with E-state index in [4.69, 9.17) is 5.73 Å². The molecule has 1 aliphatic carbocycles. The molecule has 1 saturated carbocycles. The van der Waals surface area contributed by atoms with Gasteiger partial charge in [0.1, 0.15) is 0 Å². The van der Waals surface area contributed by atoms with Crippen molar-refractivity contribution in [3.63, 3.8) is 0 Å². The second-order valence-electron chi connectivity index (χ2n) is 6.27. The summed E-state index contributed by atoms with van der Waals surface area (Å²) >= 11 is 0. The van der Waals surface area contributed by atoms with E-state index in [2.05, 4.69) is 13.8 Å². The Morgan fingerprint density at radius 3 is 2.18 bits per heavy atom. The minimum Gasteiger partial charge on any atom is -0.339 e. The first-order valence-corrected chi connectivity index (χ1v) is 7.10. The van der Waals surface area contributed by atoms with Crippen LogP contribution in [0.25, 0.3) is 0 Å². The molecule has 2 N–H and O–H groups in total. The number of rotatable bonds is 2. The van der Waals surface area contributed by atoms with Crippen molar-refractivity contribution in [3.8, 4) is 0 Å². The van der Waals surface area contributed by atoms with Gasteiger partial charge in [0.25, 0.3) is 0 Å². The number of nitrogens with zero attached hydrogens (tertiary/aromatic N) is 1. The molecule has 98 valence electrons. The van der Waals surface area contributed by atoms with Gasteiger partial charge in [-0.1, -0.05) is 39.5 Å². The lowest BCUT2D eigenvalue weighted by atomic mass is 9.79. The molecule has 0 aromatic carbocycles. The normalized spacial score (nSPS) is 25.5. The zero-order chi connectivity index (χ0) is 12.5. The maximum Gasteiger partial charge on any atom is 0.225 e. The number of hydrogen-bond acceptors (Lipinski definition) is 2. The van der Waals surface area contributed by atoms with Gasteiger partial charge in [0.2, 0.25) is 5.91 Å². The van der Waals surface area contributed by atoms with E-state index in [0.29, 0.717) is 11.8 Å². The fourth-order valence-corrected chi connectivity index (χ4v) is 2.97. The van der Waals surface area contributed by atoms with Crippen LogP contribution < -0.4 is 5.73 Å². The van der Waals surface area contributed by atoms with Crippen molar-refractivity contribution in [2.24, 2.45) is 17.6 Å². The number of hydrogen-bond donors (Lipinski definition) is 1. The molecule has 3 nitrogen and oxygen atoms in total. The van der Waals surface area contributed by atoms with Crippen LogP contribution in [-0.4, -0.2) is 29.4 Å². The van der Waals surface area contributed by atoms with Crippen LogP contribution in [0.1, 0.15) is 52.4 Å². The van der Waals surface area contributed by atoms with Gasteiger partial charge in [-0.25, -0.2) is 0 Å². The number of carbonyl (C=O) groups is 1. The summed E-state index contributed by atoms with van der Waals surface area (Å²) < 4.78 is 0. The molecule has 17 heavy (non-hydrogen) atoms. The van der Waals surface area contributed by atoms with Crippen LogP contribution in [0.4, 0.5) is 0 Å². The molecular weight excluding hydrogens is 212 g/mol. The van der Waals surface area contributed by atoms with Gasteiger partial charge in [-0.05, 0) is 18.8 Å². The van der Waals surface area contributed by atoms with Gasteiger partial charge in [-0.15, -0.1) is 0 Å². The van der Waals surface area contributed by atoms with Crippen molar-refractivity contribution >= 4 is 5.91 Å². The minimum atomic E-state index is -0.125. The van der Waals surface area contributed by atoms with E-state index in [0.717, 1.165) is 25.9 Å². The smallest absolute Gasteiger partial charge is 0.225 e. The molecule has 1 saturated heterocycles. The summed E-state index contributed by atoms with van der Waals surface area (Å²) in [6.45, 7) is 5.82. The van der Waals surface area contributed by atoms with E-state index in [-0.39, 0.29) is 11.5 Å². The molecule has 2 fully saturated rings. The summed E-state index contributed by atoms with van der Waals surface area (Å²) in [5.41, 5.74) is 6.12. The number of amides is 1. The SMILES string of the molecule is CC(C)C1(N)CN(C(=O)C2CCCCCC2)C1. The van der Waals surface area contributed by atoms with E-state index < -0.39 is 0 Å². The Bertz CT molecular complexity index is 274. The average Bonchev–Trinajstić information content (AvgIpc) is 2.51. The van der Waals surface area contributed by atoms with E-state index in [9.17, 15) is 4.79 Å². The second-order valence-corrected chi connectivity index (χ2v) is 6.27. The summed E-state index contributed by atoms with van der Waals surface area (Å²) in [4.78, 5) is 14.3. The Morgan fingerprint density at radius 2 is 1.71 bits per heavy atom. The van der Waals surface area contributed by atoms with Crippen LogP contribution in [0, 0.1) is 11.8 Å². The molecular formula is C14H26N2O. The highest BCUT2D eigenvalue weighted by Gasteiger charge is 2.45. The zero-order valence-electron chi connectivity index (χ0n) is 11.2. The Balaban J connectivity index is 1.86. The number of nitrogens with two attached hydrogens (primary N) is 1. The van der Waals surface area contributed by atoms with Crippen LogP contribution in [0.5, 0.6) is 0 Å². The monoisotopic (exact) mass is 238 g/mol. The molecule has 3 heteroatoms. The maximum absolute atomic E-state index is 12.3. The standard InChI is InChI=1S/C14H26N2O/c1-11(2)14(15)9-16(10-14)13(17)12-7-5-3-4-6-8-12/h11-12H,3-10,15H2,1-2H3. The van der Waals surface area contributed by atoms with Crippen LogP contribution in [0.15, 0.2) is 0 Å². The fourth-order valence-electron chi connectivity index (χ4n) is 2.97. The Kier molecular flexibility index (Phi) is 3.76. The molecule has 1 amide bonds. The van der Waals surface area contributed by atoms with Gasteiger partial charge in [0.15, 0.2) is 0 Å². The quantitative estimate of drug-likeness (QED) is 0.749. The predicted molar refractivity (Wildman–Crippen MR) is 69.5 cm³/mol. The van der Waals surface area contributed by atoms with E-state index >= 15 is 0 Å². The van der Waals surface area contributed by atoms with Crippen molar-refractivity contribution in [1.29, 1.82) is 0 Å². The van der Waals surface area contributed by atoms with Gasteiger partial charge >= 0.3 is 0 Å². The highest BCUT2D eigenvalue weighted by Crippen LogP contribution is 2.31. The first-order valence-electron chi connectivity index (χ1n) is 7.10. The minimum absolute atomic E-state index is 0.125. The third kappa shape index (κ3) is 2.65. The van der Waals surface area contributed by atoms with E-state index in [1.54, 1.807) is 0 Å². The summed E-state index contributed by atoms with van der Waals surface area (Å²) in [5, 5.41) is 0. The van der Waals surface area contributed by atoms with Gasteiger partial charge < -0.3 is 10.6 Å².